The molecule has 0 aliphatic rings. The Morgan fingerprint density at radius 1 is 1.40 bits per heavy atom. The van der Waals surface area contributed by atoms with E-state index in [1.807, 2.05) is 0 Å². The van der Waals surface area contributed by atoms with Gasteiger partial charge in [-0.3, -0.25) is 9.48 Å². The summed E-state index contributed by atoms with van der Waals surface area (Å²) < 4.78 is 2.48. The zero-order valence-corrected chi connectivity index (χ0v) is 13.2. The van der Waals surface area contributed by atoms with Crippen LogP contribution in [-0.4, -0.2) is 15.7 Å². The Morgan fingerprint density at radius 3 is 2.65 bits per heavy atom. The summed E-state index contributed by atoms with van der Waals surface area (Å²) in [6, 6.07) is 8.30. The van der Waals surface area contributed by atoms with Crippen LogP contribution in [0.25, 0.3) is 0 Å². The van der Waals surface area contributed by atoms with Crippen molar-refractivity contribution in [1.82, 2.24) is 15.1 Å². The number of nitrogens with zero attached hydrogens (tertiary/aromatic N) is 2. The number of hydrogen-bond acceptors (Lipinski definition) is 2. The Bertz CT molecular complexity index is 577. The number of benzene rings is 1. The van der Waals surface area contributed by atoms with Crippen LogP contribution in [0.4, 0.5) is 0 Å². The van der Waals surface area contributed by atoms with Gasteiger partial charge in [0.05, 0.1) is 16.7 Å². The monoisotopic (exact) mass is 335 g/mol. The quantitative estimate of drug-likeness (QED) is 0.911. The molecule has 20 heavy (non-hydrogen) atoms. The normalized spacial score (nSPS) is 12.2. The maximum absolute atomic E-state index is 12.0. The summed E-state index contributed by atoms with van der Waals surface area (Å²) in [6.45, 7) is 4.35. The maximum atomic E-state index is 12.0. The molecule has 0 spiro atoms. The van der Waals surface area contributed by atoms with E-state index in [-0.39, 0.29) is 18.5 Å². The van der Waals surface area contributed by atoms with Gasteiger partial charge in [0.25, 0.3) is 0 Å². The Labute approximate surface area is 127 Å². The van der Waals surface area contributed by atoms with Crippen molar-refractivity contribution in [2.75, 3.05) is 0 Å². The highest BCUT2D eigenvalue weighted by molar-refractivity contribution is 9.10. The van der Waals surface area contributed by atoms with Gasteiger partial charge in [0.15, 0.2) is 0 Å². The average molecular weight is 336 g/mol. The van der Waals surface area contributed by atoms with Crippen LogP contribution < -0.4 is 5.32 Å². The second-order valence-electron chi connectivity index (χ2n) is 4.80. The molecule has 1 atom stereocenters. The van der Waals surface area contributed by atoms with Crippen LogP contribution in [-0.2, 0) is 11.3 Å². The van der Waals surface area contributed by atoms with Crippen molar-refractivity contribution in [1.29, 1.82) is 0 Å². The van der Waals surface area contributed by atoms with Crippen molar-refractivity contribution in [2.24, 2.45) is 0 Å². The van der Waals surface area contributed by atoms with E-state index in [0.717, 1.165) is 16.5 Å². The first-order valence-electron chi connectivity index (χ1n) is 6.62. The molecule has 1 amide bonds. The summed E-state index contributed by atoms with van der Waals surface area (Å²) >= 11 is 3.32. The summed E-state index contributed by atoms with van der Waals surface area (Å²) in [7, 11) is 0. The number of halogens is 1. The van der Waals surface area contributed by atoms with Gasteiger partial charge in [0.1, 0.15) is 6.54 Å². The van der Waals surface area contributed by atoms with Crippen LogP contribution in [0.1, 0.15) is 30.5 Å². The van der Waals surface area contributed by atoms with Crippen LogP contribution in [0.3, 0.4) is 0 Å². The van der Waals surface area contributed by atoms with E-state index in [0.29, 0.717) is 0 Å². The summed E-state index contributed by atoms with van der Waals surface area (Å²) in [6.07, 6.45) is 4.31. The highest BCUT2D eigenvalue weighted by atomic mass is 79.9. The second-order valence-corrected chi connectivity index (χ2v) is 5.71. The van der Waals surface area contributed by atoms with Crippen molar-refractivity contribution in [3.05, 3.63) is 52.3 Å². The number of aromatic nitrogens is 2. The van der Waals surface area contributed by atoms with Crippen molar-refractivity contribution in [3.8, 4) is 0 Å². The largest absolute Gasteiger partial charge is 0.348 e. The average Bonchev–Trinajstić information content (AvgIpc) is 2.82. The van der Waals surface area contributed by atoms with Crippen molar-refractivity contribution >= 4 is 21.8 Å². The molecule has 5 heteroatoms. The van der Waals surface area contributed by atoms with E-state index in [1.54, 1.807) is 17.1 Å². The standard InChI is InChI=1S/C15H18BrN3O/c1-3-14(12-6-4-11(2)5-7-12)18-15(20)10-19-9-13(16)8-17-19/h4-9,14H,3,10H2,1-2H3,(H,18,20)/t14-/m0/s1. The topological polar surface area (TPSA) is 46.9 Å². The second kappa shape index (κ2) is 6.70. The van der Waals surface area contributed by atoms with Gasteiger partial charge < -0.3 is 5.32 Å². The molecule has 1 N–H and O–H groups in total. The molecule has 0 bridgehead atoms. The number of nitrogens with one attached hydrogen (secondary N) is 1. The first-order valence-corrected chi connectivity index (χ1v) is 7.41. The van der Waals surface area contributed by atoms with Gasteiger partial charge in [-0.1, -0.05) is 36.8 Å². The predicted octanol–water partition coefficient (Wildman–Crippen LogP) is 3.22. The molecule has 0 fully saturated rings. The summed E-state index contributed by atoms with van der Waals surface area (Å²) in [5.41, 5.74) is 2.35. The van der Waals surface area contributed by atoms with E-state index < -0.39 is 0 Å². The van der Waals surface area contributed by atoms with Crippen LogP contribution in [0.2, 0.25) is 0 Å². The fourth-order valence-corrected chi connectivity index (χ4v) is 2.36. The minimum Gasteiger partial charge on any atom is -0.348 e. The van der Waals surface area contributed by atoms with Crippen molar-refractivity contribution in [3.63, 3.8) is 0 Å². The van der Waals surface area contributed by atoms with Gasteiger partial charge in [-0.2, -0.15) is 5.10 Å². The molecular formula is C15H18BrN3O. The summed E-state index contributed by atoms with van der Waals surface area (Å²) in [4.78, 5) is 12.0. The molecular weight excluding hydrogens is 318 g/mol. The molecule has 0 saturated heterocycles. The number of amides is 1. The molecule has 2 rings (SSSR count). The molecule has 0 aliphatic heterocycles. The zero-order valence-electron chi connectivity index (χ0n) is 11.6. The Morgan fingerprint density at radius 2 is 2.10 bits per heavy atom. The fraction of sp³-hybridized carbons (Fsp3) is 0.333. The number of rotatable bonds is 5. The molecule has 1 heterocycles. The van der Waals surface area contributed by atoms with Gasteiger partial charge in [0.2, 0.25) is 5.91 Å². The Kier molecular flexibility index (Phi) is 4.95. The highest BCUT2D eigenvalue weighted by Gasteiger charge is 2.13. The van der Waals surface area contributed by atoms with E-state index in [4.69, 9.17) is 0 Å². The molecule has 0 aliphatic carbocycles. The lowest BCUT2D eigenvalue weighted by atomic mass is 10.0. The molecule has 4 nitrogen and oxygen atoms in total. The minimum atomic E-state index is -0.0342. The maximum Gasteiger partial charge on any atom is 0.242 e. The van der Waals surface area contributed by atoms with Gasteiger partial charge in [-0.25, -0.2) is 0 Å². The first kappa shape index (κ1) is 14.8. The summed E-state index contributed by atoms with van der Waals surface area (Å²) in [5, 5.41) is 7.13. The fourth-order valence-electron chi connectivity index (χ4n) is 2.03. The van der Waals surface area contributed by atoms with Crippen molar-refractivity contribution in [2.45, 2.75) is 32.9 Å². The lowest BCUT2D eigenvalue weighted by Crippen LogP contribution is -2.31. The SMILES string of the molecule is CC[C@H](NC(=O)Cn1cc(Br)cn1)c1ccc(C)cc1. The highest BCUT2D eigenvalue weighted by Crippen LogP contribution is 2.17. The van der Waals surface area contributed by atoms with Crippen molar-refractivity contribution < 1.29 is 4.79 Å². The zero-order chi connectivity index (χ0) is 14.5. The van der Waals surface area contributed by atoms with Gasteiger partial charge >= 0.3 is 0 Å². The molecule has 0 saturated carbocycles. The number of carbonyl (C=O) groups is 1. The van der Waals surface area contributed by atoms with E-state index >= 15 is 0 Å². The third-order valence-electron chi connectivity index (χ3n) is 3.13. The van der Waals surface area contributed by atoms with E-state index in [2.05, 4.69) is 64.5 Å². The van der Waals surface area contributed by atoms with Gasteiger partial charge in [-0.15, -0.1) is 0 Å². The number of carbonyl (C=O) groups excluding carboxylic acids is 1. The molecule has 1 aromatic heterocycles. The molecule has 0 unspecified atom stereocenters. The summed E-state index contributed by atoms with van der Waals surface area (Å²) in [5.74, 6) is -0.0342. The predicted molar refractivity (Wildman–Crippen MR) is 82.3 cm³/mol. The van der Waals surface area contributed by atoms with Gasteiger partial charge in [-0.05, 0) is 34.8 Å². The van der Waals surface area contributed by atoms with E-state index in [9.17, 15) is 4.79 Å². The third-order valence-corrected chi connectivity index (χ3v) is 3.54. The molecule has 1 aromatic carbocycles. The lowest BCUT2D eigenvalue weighted by Gasteiger charge is -2.17. The number of hydrogen-bond donors (Lipinski definition) is 1. The van der Waals surface area contributed by atoms with Crippen LogP contribution in [0, 0.1) is 6.92 Å². The van der Waals surface area contributed by atoms with Crippen LogP contribution in [0.15, 0.2) is 41.1 Å². The van der Waals surface area contributed by atoms with Crippen LogP contribution >= 0.6 is 15.9 Å². The Balaban J connectivity index is 1.99. The van der Waals surface area contributed by atoms with Gasteiger partial charge in [0, 0.05) is 6.20 Å². The van der Waals surface area contributed by atoms with Crippen LogP contribution in [0.5, 0.6) is 0 Å². The third kappa shape index (κ3) is 3.93. The smallest absolute Gasteiger partial charge is 0.242 e. The first-order chi connectivity index (χ1) is 9.58. The Hall–Kier alpha value is -1.62. The lowest BCUT2D eigenvalue weighted by molar-refractivity contribution is -0.122. The number of aryl methyl sites for hydroxylation is 1. The molecule has 106 valence electrons. The molecule has 2 aromatic rings. The van der Waals surface area contributed by atoms with E-state index in [1.165, 1.54) is 5.56 Å². The molecule has 0 radical (unpaired) electrons. The minimum absolute atomic E-state index is 0.0342.